The van der Waals surface area contributed by atoms with E-state index in [0.717, 1.165) is 25.3 Å². The summed E-state index contributed by atoms with van der Waals surface area (Å²) in [5.74, 6) is 0.770. The van der Waals surface area contributed by atoms with Crippen LogP contribution in [0.1, 0.15) is 16.8 Å². The van der Waals surface area contributed by atoms with Crippen LogP contribution in [-0.2, 0) is 0 Å². The summed E-state index contributed by atoms with van der Waals surface area (Å²) in [5.41, 5.74) is 0.665. The average molecular weight is 234 g/mol. The van der Waals surface area contributed by atoms with Crippen molar-refractivity contribution in [2.24, 2.45) is 0 Å². The number of hydrogen-bond donors (Lipinski definition) is 1. The van der Waals surface area contributed by atoms with Crippen LogP contribution >= 0.6 is 0 Å². The molecular weight excluding hydrogens is 216 g/mol. The second-order valence-electron chi connectivity index (χ2n) is 4.46. The summed E-state index contributed by atoms with van der Waals surface area (Å²) in [6.07, 6.45) is 1.24. The number of carbonyl (C=O) groups excluding carboxylic acids is 1. The fourth-order valence-corrected chi connectivity index (χ4v) is 1.88. The maximum absolute atomic E-state index is 11.8. The summed E-state index contributed by atoms with van der Waals surface area (Å²) in [4.78, 5) is 13.4. The highest BCUT2D eigenvalue weighted by Gasteiger charge is 2.16. The summed E-state index contributed by atoms with van der Waals surface area (Å²) in [6.45, 7) is 1.88. The number of nitrogens with zero attached hydrogens (tertiary/aromatic N) is 1. The lowest BCUT2D eigenvalue weighted by Crippen LogP contribution is -2.22. The minimum absolute atomic E-state index is 0.00000283. The molecule has 92 valence electrons. The third-order valence-corrected chi connectivity index (χ3v) is 2.81. The Balaban J connectivity index is 2.08. The van der Waals surface area contributed by atoms with Crippen molar-refractivity contribution in [3.05, 3.63) is 29.8 Å². The van der Waals surface area contributed by atoms with Crippen molar-refractivity contribution < 1.29 is 9.53 Å². The van der Waals surface area contributed by atoms with Gasteiger partial charge < -0.3 is 15.0 Å². The quantitative estimate of drug-likeness (QED) is 0.852. The topological polar surface area (TPSA) is 41.6 Å². The minimum Gasteiger partial charge on any atom is -0.489 e. The molecule has 1 saturated heterocycles. The Kier molecular flexibility index (Phi) is 3.64. The van der Waals surface area contributed by atoms with E-state index < -0.39 is 0 Å². The SMILES string of the molecule is CN(C)C(=O)c1cccc(OC2CCNC2)c1. The number of amides is 1. The summed E-state index contributed by atoms with van der Waals surface area (Å²) in [5, 5.41) is 3.25. The van der Waals surface area contributed by atoms with Gasteiger partial charge in [0.25, 0.3) is 5.91 Å². The molecule has 0 bridgehead atoms. The van der Waals surface area contributed by atoms with Crippen molar-refractivity contribution in [1.29, 1.82) is 0 Å². The lowest BCUT2D eigenvalue weighted by Gasteiger charge is -2.14. The molecule has 1 fully saturated rings. The number of ether oxygens (including phenoxy) is 1. The first kappa shape index (κ1) is 11.9. The van der Waals surface area contributed by atoms with E-state index in [1.54, 1.807) is 25.1 Å². The average Bonchev–Trinajstić information content (AvgIpc) is 2.81. The Hall–Kier alpha value is -1.55. The molecule has 0 spiro atoms. The van der Waals surface area contributed by atoms with E-state index in [9.17, 15) is 4.79 Å². The molecule has 4 heteroatoms. The Labute approximate surface area is 102 Å². The molecule has 0 aromatic heterocycles. The maximum Gasteiger partial charge on any atom is 0.253 e. The smallest absolute Gasteiger partial charge is 0.253 e. The minimum atomic E-state index is -0.00000283. The first-order valence-electron chi connectivity index (χ1n) is 5.86. The van der Waals surface area contributed by atoms with Crippen LogP contribution in [0.3, 0.4) is 0 Å². The highest BCUT2D eigenvalue weighted by atomic mass is 16.5. The van der Waals surface area contributed by atoms with Crippen LogP contribution in [-0.4, -0.2) is 44.1 Å². The zero-order valence-corrected chi connectivity index (χ0v) is 10.3. The molecule has 2 rings (SSSR count). The second kappa shape index (κ2) is 5.19. The molecule has 1 aromatic carbocycles. The van der Waals surface area contributed by atoms with Gasteiger partial charge >= 0.3 is 0 Å². The van der Waals surface area contributed by atoms with Gasteiger partial charge in [0.05, 0.1) is 0 Å². The third-order valence-electron chi connectivity index (χ3n) is 2.81. The predicted octanol–water partition coefficient (Wildman–Crippen LogP) is 1.13. The Morgan fingerprint density at radius 1 is 1.47 bits per heavy atom. The van der Waals surface area contributed by atoms with Crippen LogP contribution in [0, 0.1) is 0 Å². The van der Waals surface area contributed by atoms with E-state index >= 15 is 0 Å². The second-order valence-corrected chi connectivity index (χ2v) is 4.46. The molecule has 0 saturated carbocycles. The number of carbonyl (C=O) groups is 1. The molecule has 1 atom stereocenters. The van der Waals surface area contributed by atoms with Gasteiger partial charge in [-0.25, -0.2) is 0 Å². The summed E-state index contributed by atoms with van der Waals surface area (Å²) in [6, 6.07) is 7.36. The predicted molar refractivity (Wildman–Crippen MR) is 66.4 cm³/mol. The van der Waals surface area contributed by atoms with E-state index in [1.807, 2.05) is 18.2 Å². The zero-order chi connectivity index (χ0) is 12.3. The number of hydrogen-bond acceptors (Lipinski definition) is 3. The van der Waals surface area contributed by atoms with E-state index in [-0.39, 0.29) is 12.0 Å². The van der Waals surface area contributed by atoms with Crippen molar-refractivity contribution >= 4 is 5.91 Å². The largest absolute Gasteiger partial charge is 0.489 e. The van der Waals surface area contributed by atoms with Crippen molar-refractivity contribution in [3.63, 3.8) is 0 Å². The highest BCUT2D eigenvalue weighted by molar-refractivity contribution is 5.94. The van der Waals surface area contributed by atoms with Gasteiger partial charge in [-0.15, -0.1) is 0 Å². The van der Waals surface area contributed by atoms with Gasteiger partial charge in [-0.3, -0.25) is 4.79 Å². The molecule has 1 aliphatic rings. The van der Waals surface area contributed by atoms with Gasteiger partial charge in [0.1, 0.15) is 11.9 Å². The standard InChI is InChI=1S/C13H18N2O2/c1-15(2)13(16)10-4-3-5-11(8-10)17-12-6-7-14-9-12/h3-5,8,12,14H,6-7,9H2,1-2H3. The van der Waals surface area contributed by atoms with E-state index in [2.05, 4.69) is 5.32 Å². The summed E-state index contributed by atoms with van der Waals surface area (Å²) >= 11 is 0. The van der Waals surface area contributed by atoms with Crippen LogP contribution in [0.5, 0.6) is 5.75 Å². The van der Waals surface area contributed by atoms with Gasteiger partial charge in [-0.1, -0.05) is 6.07 Å². The zero-order valence-electron chi connectivity index (χ0n) is 10.3. The molecule has 1 N–H and O–H groups in total. The molecule has 4 nitrogen and oxygen atoms in total. The first-order chi connectivity index (χ1) is 8.16. The Morgan fingerprint density at radius 2 is 2.29 bits per heavy atom. The molecule has 1 aromatic rings. The maximum atomic E-state index is 11.8. The molecule has 0 aliphatic carbocycles. The van der Waals surface area contributed by atoms with Gasteiger partial charge in [-0.2, -0.15) is 0 Å². The third kappa shape index (κ3) is 2.97. The van der Waals surface area contributed by atoms with Crippen molar-refractivity contribution in [2.45, 2.75) is 12.5 Å². The number of nitrogens with one attached hydrogen (secondary N) is 1. The van der Waals surface area contributed by atoms with E-state index in [1.165, 1.54) is 0 Å². The molecule has 1 amide bonds. The highest BCUT2D eigenvalue weighted by Crippen LogP contribution is 2.17. The van der Waals surface area contributed by atoms with Gasteiger partial charge in [0.15, 0.2) is 0 Å². The van der Waals surface area contributed by atoms with Crippen LogP contribution in [0.15, 0.2) is 24.3 Å². The van der Waals surface area contributed by atoms with E-state index in [4.69, 9.17) is 4.74 Å². The normalized spacial score (nSPS) is 19.1. The molecular formula is C13H18N2O2. The fraction of sp³-hybridized carbons (Fsp3) is 0.462. The van der Waals surface area contributed by atoms with Gasteiger partial charge in [-0.05, 0) is 31.2 Å². The summed E-state index contributed by atoms with van der Waals surface area (Å²) in [7, 11) is 3.49. The summed E-state index contributed by atoms with van der Waals surface area (Å²) < 4.78 is 5.81. The molecule has 1 unspecified atom stereocenters. The Morgan fingerprint density at radius 3 is 2.94 bits per heavy atom. The monoisotopic (exact) mass is 234 g/mol. The number of benzene rings is 1. The van der Waals surface area contributed by atoms with Crippen molar-refractivity contribution in [2.75, 3.05) is 27.2 Å². The molecule has 1 aliphatic heterocycles. The number of rotatable bonds is 3. The van der Waals surface area contributed by atoms with Crippen LogP contribution in [0.4, 0.5) is 0 Å². The van der Waals surface area contributed by atoms with Crippen molar-refractivity contribution in [1.82, 2.24) is 10.2 Å². The van der Waals surface area contributed by atoms with E-state index in [0.29, 0.717) is 5.56 Å². The lowest BCUT2D eigenvalue weighted by molar-refractivity contribution is 0.0827. The molecule has 17 heavy (non-hydrogen) atoms. The van der Waals surface area contributed by atoms with Gasteiger partial charge in [0.2, 0.25) is 0 Å². The van der Waals surface area contributed by atoms with Crippen LogP contribution in [0.2, 0.25) is 0 Å². The molecule has 0 radical (unpaired) electrons. The Bertz CT molecular complexity index is 398. The molecule has 1 heterocycles. The van der Waals surface area contributed by atoms with Crippen molar-refractivity contribution in [3.8, 4) is 5.75 Å². The van der Waals surface area contributed by atoms with Crippen LogP contribution in [0.25, 0.3) is 0 Å². The lowest BCUT2D eigenvalue weighted by atomic mass is 10.2. The van der Waals surface area contributed by atoms with Crippen LogP contribution < -0.4 is 10.1 Å². The fourth-order valence-electron chi connectivity index (χ4n) is 1.88. The first-order valence-corrected chi connectivity index (χ1v) is 5.86. The van der Waals surface area contributed by atoms with Gasteiger partial charge in [0, 0.05) is 26.2 Å².